The second kappa shape index (κ2) is 3.42. The standard InChI is InChI=1S/C11H15N3/c1-3-14-8(2)13-10-6-9(7-12)4-5-11(10)14/h4-6H,3,7,12H2,1-2H3. The minimum Gasteiger partial charge on any atom is -0.329 e. The first kappa shape index (κ1) is 9.21. The number of aryl methyl sites for hydroxylation is 2. The molecule has 2 aromatic rings. The van der Waals surface area contributed by atoms with Crippen molar-refractivity contribution in [2.75, 3.05) is 0 Å². The third-order valence-corrected chi connectivity index (χ3v) is 2.56. The van der Waals surface area contributed by atoms with E-state index in [1.807, 2.05) is 6.92 Å². The molecule has 1 aromatic heterocycles. The van der Waals surface area contributed by atoms with E-state index in [9.17, 15) is 0 Å². The largest absolute Gasteiger partial charge is 0.329 e. The van der Waals surface area contributed by atoms with Crippen molar-refractivity contribution >= 4 is 11.0 Å². The van der Waals surface area contributed by atoms with E-state index in [2.05, 4.69) is 34.7 Å². The Bertz CT molecular complexity index is 457. The Kier molecular flexibility index (Phi) is 2.25. The number of rotatable bonds is 2. The predicted molar refractivity (Wildman–Crippen MR) is 58.0 cm³/mol. The van der Waals surface area contributed by atoms with Gasteiger partial charge in [-0.05, 0) is 31.5 Å². The lowest BCUT2D eigenvalue weighted by Crippen LogP contribution is -1.97. The SMILES string of the molecule is CCn1c(C)nc2cc(CN)ccc21. The summed E-state index contributed by atoms with van der Waals surface area (Å²) in [6, 6.07) is 6.23. The number of nitrogens with two attached hydrogens (primary N) is 1. The fourth-order valence-electron chi connectivity index (χ4n) is 1.82. The number of aromatic nitrogens is 2. The van der Waals surface area contributed by atoms with Crippen LogP contribution in [0.15, 0.2) is 18.2 Å². The molecular formula is C11H15N3. The van der Waals surface area contributed by atoms with Crippen LogP contribution in [-0.2, 0) is 13.1 Å². The van der Waals surface area contributed by atoms with Crippen molar-refractivity contribution in [2.24, 2.45) is 5.73 Å². The van der Waals surface area contributed by atoms with Crippen LogP contribution >= 0.6 is 0 Å². The molecule has 2 N–H and O–H groups in total. The van der Waals surface area contributed by atoms with Gasteiger partial charge in [0, 0.05) is 13.1 Å². The highest BCUT2D eigenvalue weighted by atomic mass is 15.1. The fourth-order valence-corrected chi connectivity index (χ4v) is 1.82. The summed E-state index contributed by atoms with van der Waals surface area (Å²) in [5, 5.41) is 0. The van der Waals surface area contributed by atoms with Crippen molar-refractivity contribution < 1.29 is 0 Å². The van der Waals surface area contributed by atoms with E-state index in [1.165, 1.54) is 5.52 Å². The van der Waals surface area contributed by atoms with Gasteiger partial charge in [0.25, 0.3) is 0 Å². The van der Waals surface area contributed by atoms with Crippen molar-refractivity contribution in [1.29, 1.82) is 0 Å². The van der Waals surface area contributed by atoms with Gasteiger partial charge >= 0.3 is 0 Å². The summed E-state index contributed by atoms with van der Waals surface area (Å²) in [6.45, 7) is 5.70. The van der Waals surface area contributed by atoms with Crippen molar-refractivity contribution in [2.45, 2.75) is 26.9 Å². The molecule has 0 unspecified atom stereocenters. The van der Waals surface area contributed by atoms with Gasteiger partial charge in [-0.1, -0.05) is 6.07 Å². The van der Waals surface area contributed by atoms with E-state index < -0.39 is 0 Å². The average molecular weight is 189 g/mol. The predicted octanol–water partition coefficient (Wildman–Crippen LogP) is 1.82. The van der Waals surface area contributed by atoms with Gasteiger partial charge in [-0.3, -0.25) is 0 Å². The summed E-state index contributed by atoms with van der Waals surface area (Å²) in [4.78, 5) is 4.50. The molecular weight excluding hydrogens is 174 g/mol. The summed E-state index contributed by atoms with van der Waals surface area (Å²) in [6.07, 6.45) is 0. The maximum Gasteiger partial charge on any atom is 0.106 e. The molecule has 0 aliphatic carbocycles. The monoisotopic (exact) mass is 189 g/mol. The van der Waals surface area contributed by atoms with Gasteiger partial charge in [-0.25, -0.2) is 4.98 Å². The molecule has 74 valence electrons. The van der Waals surface area contributed by atoms with Crippen LogP contribution in [0.3, 0.4) is 0 Å². The highest BCUT2D eigenvalue weighted by Crippen LogP contribution is 2.17. The molecule has 2 rings (SSSR count). The van der Waals surface area contributed by atoms with Crippen LogP contribution in [0.1, 0.15) is 18.3 Å². The molecule has 0 aliphatic heterocycles. The number of fused-ring (bicyclic) bond motifs is 1. The minimum atomic E-state index is 0.577. The van der Waals surface area contributed by atoms with Gasteiger partial charge in [0.2, 0.25) is 0 Å². The van der Waals surface area contributed by atoms with Crippen molar-refractivity contribution in [3.05, 3.63) is 29.6 Å². The molecule has 0 bridgehead atoms. The van der Waals surface area contributed by atoms with Gasteiger partial charge in [0.05, 0.1) is 11.0 Å². The molecule has 0 amide bonds. The van der Waals surface area contributed by atoms with Gasteiger partial charge in [0.1, 0.15) is 5.82 Å². The zero-order valence-electron chi connectivity index (χ0n) is 8.62. The van der Waals surface area contributed by atoms with E-state index in [0.29, 0.717) is 6.54 Å². The fraction of sp³-hybridized carbons (Fsp3) is 0.364. The Labute approximate surface area is 83.6 Å². The number of hydrogen-bond donors (Lipinski definition) is 1. The number of benzene rings is 1. The van der Waals surface area contributed by atoms with Crippen molar-refractivity contribution in [1.82, 2.24) is 9.55 Å². The Hall–Kier alpha value is -1.35. The first-order valence-electron chi connectivity index (χ1n) is 4.92. The maximum atomic E-state index is 5.58. The molecule has 3 nitrogen and oxygen atoms in total. The van der Waals surface area contributed by atoms with Crippen LogP contribution < -0.4 is 5.73 Å². The summed E-state index contributed by atoms with van der Waals surface area (Å²) < 4.78 is 2.20. The smallest absolute Gasteiger partial charge is 0.106 e. The highest BCUT2D eigenvalue weighted by Gasteiger charge is 2.05. The van der Waals surface area contributed by atoms with Crippen LogP contribution in [0, 0.1) is 6.92 Å². The van der Waals surface area contributed by atoms with Crippen LogP contribution in [0.5, 0.6) is 0 Å². The number of hydrogen-bond acceptors (Lipinski definition) is 2. The quantitative estimate of drug-likeness (QED) is 0.783. The summed E-state index contributed by atoms with van der Waals surface area (Å²) in [5.41, 5.74) is 8.97. The second-order valence-electron chi connectivity index (χ2n) is 3.43. The number of imidazole rings is 1. The molecule has 3 heteroatoms. The average Bonchev–Trinajstić information content (AvgIpc) is 2.51. The molecule has 1 aromatic carbocycles. The molecule has 0 saturated heterocycles. The van der Waals surface area contributed by atoms with Crippen LogP contribution in [0.2, 0.25) is 0 Å². The van der Waals surface area contributed by atoms with Gasteiger partial charge in [0.15, 0.2) is 0 Å². The molecule has 0 atom stereocenters. The van der Waals surface area contributed by atoms with Crippen molar-refractivity contribution in [3.63, 3.8) is 0 Å². The number of nitrogens with zero attached hydrogens (tertiary/aromatic N) is 2. The van der Waals surface area contributed by atoms with Crippen LogP contribution in [-0.4, -0.2) is 9.55 Å². The second-order valence-corrected chi connectivity index (χ2v) is 3.43. The molecule has 0 spiro atoms. The van der Waals surface area contributed by atoms with Crippen LogP contribution in [0.4, 0.5) is 0 Å². The molecule has 0 aliphatic rings. The van der Waals surface area contributed by atoms with E-state index in [1.54, 1.807) is 0 Å². The molecule has 0 fully saturated rings. The Morgan fingerprint density at radius 3 is 2.86 bits per heavy atom. The van der Waals surface area contributed by atoms with E-state index >= 15 is 0 Å². The Morgan fingerprint density at radius 2 is 2.21 bits per heavy atom. The third kappa shape index (κ3) is 1.30. The molecule has 14 heavy (non-hydrogen) atoms. The molecule has 0 radical (unpaired) electrons. The zero-order valence-corrected chi connectivity index (χ0v) is 8.62. The lowest BCUT2D eigenvalue weighted by atomic mass is 10.2. The summed E-state index contributed by atoms with van der Waals surface area (Å²) >= 11 is 0. The third-order valence-electron chi connectivity index (χ3n) is 2.56. The Morgan fingerprint density at radius 1 is 1.43 bits per heavy atom. The maximum absolute atomic E-state index is 5.58. The van der Waals surface area contributed by atoms with E-state index in [4.69, 9.17) is 5.73 Å². The van der Waals surface area contributed by atoms with E-state index in [0.717, 1.165) is 23.4 Å². The summed E-state index contributed by atoms with van der Waals surface area (Å²) in [5.74, 6) is 1.07. The zero-order chi connectivity index (χ0) is 10.1. The Balaban J connectivity index is 2.68. The normalized spacial score (nSPS) is 11.1. The molecule has 1 heterocycles. The lowest BCUT2D eigenvalue weighted by Gasteiger charge is -2.01. The van der Waals surface area contributed by atoms with Crippen molar-refractivity contribution in [3.8, 4) is 0 Å². The van der Waals surface area contributed by atoms with Crippen LogP contribution in [0.25, 0.3) is 11.0 Å². The lowest BCUT2D eigenvalue weighted by molar-refractivity contribution is 0.753. The summed E-state index contributed by atoms with van der Waals surface area (Å²) in [7, 11) is 0. The van der Waals surface area contributed by atoms with Gasteiger partial charge in [-0.15, -0.1) is 0 Å². The highest BCUT2D eigenvalue weighted by molar-refractivity contribution is 5.76. The first-order chi connectivity index (χ1) is 6.76. The first-order valence-corrected chi connectivity index (χ1v) is 4.92. The van der Waals surface area contributed by atoms with Gasteiger partial charge < -0.3 is 10.3 Å². The van der Waals surface area contributed by atoms with Gasteiger partial charge in [-0.2, -0.15) is 0 Å². The molecule has 0 saturated carbocycles. The van der Waals surface area contributed by atoms with E-state index in [-0.39, 0.29) is 0 Å². The topological polar surface area (TPSA) is 43.8 Å². The minimum absolute atomic E-state index is 0.577.